The second-order valence-electron chi connectivity index (χ2n) is 7.64. The highest BCUT2D eigenvalue weighted by molar-refractivity contribution is 14.0. The van der Waals surface area contributed by atoms with E-state index in [0.717, 1.165) is 49.1 Å². The van der Waals surface area contributed by atoms with E-state index in [-0.39, 0.29) is 24.0 Å². The minimum absolute atomic E-state index is 0. The van der Waals surface area contributed by atoms with Crippen LogP contribution in [0, 0.1) is 0 Å². The third-order valence-corrected chi connectivity index (χ3v) is 5.72. The van der Waals surface area contributed by atoms with Gasteiger partial charge in [-0.3, -0.25) is 9.80 Å². The predicted molar refractivity (Wildman–Crippen MR) is 130 cm³/mol. The first-order valence-corrected chi connectivity index (χ1v) is 10.4. The van der Waals surface area contributed by atoms with E-state index in [1.165, 1.54) is 26.2 Å². The van der Waals surface area contributed by atoms with Gasteiger partial charge in [-0.25, -0.2) is 4.99 Å². The fourth-order valence-electron chi connectivity index (χ4n) is 3.97. The molecule has 8 heteroatoms. The standard InChI is InChI=1S/C22H31N5O2.HI/c1-28-20-6-4-18(5-7-20)15-24-22(23-9-8-21-3-2-14-29-21)25-16-19-17-26-10-12-27(19)13-11-26;/h2-7,14,19H,8-13,15-17H2,1H3,(H2,23,24,25);1H. The molecule has 1 atom stereocenters. The molecule has 7 nitrogen and oxygen atoms in total. The highest BCUT2D eigenvalue weighted by Gasteiger charge is 2.31. The number of aliphatic imine (C=N–C) groups is 1. The summed E-state index contributed by atoms with van der Waals surface area (Å²) >= 11 is 0. The van der Waals surface area contributed by atoms with Gasteiger partial charge in [0.05, 0.1) is 19.9 Å². The van der Waals surface area contributed by atoms with Gasteiger partial charge in [0.25, 0.3) is 0 Å². The average molecular weight is 525 g/mol. The molecule has 30 heavy (non-hydrogen) atoms. The van der Waals surface area contributed by atoms with Crippen molar-refractivity contribution in [1.29, 1.82) is 0 Å². The summed E-state index contributed by atoms with van der Waals surface area (Å²) in [4.78, 5) is 9.96. The number of rotatable bonds is 8. The SMILES string of the molecule is COc1ccc(CN=C(NCCc2ccco2)NCC2CN3CCN2CC3)cc1.I. The van der Waals surface area contributed by atoms with Gasteiger partial charge in [-0.2, -0.15) is 0 Å². The molecule has 2 aromatic rings. The number of benzene rings is 1. The lowest BCUT2D eigenvalue weighted by Gasteiger charge is -2.47. The topological polar surface area (TPSA) is 65.3 Å². The third-order valence-electron chi connectivity index (χ3n) is 5.72. The molecule has 3 fully saturated rings. The summed E-state index contributed by atoms with van der Waals surface area (Å²) in [5, 5.41) is 7.02. The van der Waals surface area contributed by atoms with Crippen LogP contribution in [0.15, 0.2) is 52.1 Å². The van der Waals surface area contributed by atoms with E-state index >= 15 is 0 Å². The van der Waals surface area contributed by atoms with E-state index in [2.05, 4.69) is 32.6 Å². The van der Waals surface area contributed by atoms with Crippen LogP contribution in [0.1, 0.15) is 11.3 Å². The van der Waals surface area contributed by atoms with Crippen molar-refractivity contribution >= 4 is 29.9 Å². The van der Waals surface area contributed by atoms with Gasteiger partial charge in [0.1, 0.15) is 11.5 Å². The summed E-state index contributed by atoms with van der Waals surface area (Å²) in [6.45, 7) is 8.22. The second-order valence-corrected chi connectivity index (χ2v) is 7.64. The summed E-state index contributed by atoms with van der Waals surface area (Å²) in [5.41, 5.74) is 1.16. The van der Waals surface area contributed by atoms with E-state index in [1.807, 2.05) is 24.3 Å². The molecule has 5 rings (SSSR count). The molecule has 0 aliphatic carbocycles. The molecular formula is C22H32IN5O2. The first-order valence-electron chi connectivity index (χ1n) is 10.4. The monoisotopic (exact) mass is 525 g/mol. The maximum Gasteiger partial charge on any atom is 0.191 e. The van der Waals surface area contributed by atoms with E-state index in [9.17, 15) is 0 Å². The quantitative estimate of drug-likeness (QED) is 0.313. The van der Waals surface area contributed by atoms with Crippen molar-refractivity contribution in [2.45, 2.75) is 19.0 Å². The number of hydrogen-bond donors (Lipinski definition) is 2. The zero-order valence-electron chi connectivity index (χ0n) is 17.5. The Labute approximate surface area is 195 Å². The van der Waals surface area contributed by atoms with Crippen LogP contribution in [0.2, 0.25) is 0 Å². The summed E-state index contributed by atoms with van der Waals surface area (Å²) in [7, 11) is 1.68. The predicted octanol–water partition coefficient (Wildman–Crippen LogP) is 2.18. The number of fused-ring (bicyclic) bond motifs is 3. The van der Waals surface area contributed by atoms with Crippen LogP contribution in [-0.4, -0.2) is 74.7 Å². The average Bonchev–Trinajstić information content (AvgIpc) is 3.30. The number of furan rings is 1. The van der Waals surface area contributed by atoms with Gasteiger partial charge in [0, 0.05) is 58.3 Å². The van der Waals surface area contributed by atoms with Gasteiger partial charge in [-0.15, -0.1) is 24.0 Å². The Morgan fingerprint density at radius 3 is 2.57 bits per heavy atom. The summed E-state index contributed by atoms with van der Waals surface area (Å²) in [6, 6.07) is 12.5. The van der Waals surface area contributed by atoms with Crippen LogP contribution in [-0.2, 0) is 13.0 Å². The fourth-order valence-corrected chi connectivity index (χ4v) is 3.97. The Morgan fingerprint density at radius 2 is 1.93 bits per heavy atom. The molecule has 1 aromatic heterocycles. The molecule has 0 radical (unpaired) electrons. The zero-order chi connectivity index (χ0) is 19.9. The van der Waals surface area contributed by atoms with Crippen LogP contribution in [0.4, 0.5) is 0 Å². The first kappa shape index (κ1) is 22.9. The molecule has 2 bridgehead atoms. The molecule has 1 unspecified atom stereocenters. The Balaban J connectivity index is 0.00000256. The zero-order valence-corrected chi connectivity index (χ0v) is 19.9. The van der Waals surface area contributed by atoms with Gasteiger partial charge in [-0.05, 0) is 29.8 Å². The summed E-state index contributed by atoms with van der Waals surface area (Å²) in [6.07, 6.45) is 2.55. The molecule has 1 aromatic carbocycles. The Hall–Kier alpha value is -1.78. The lowest BCUT2D eigenvalue weighted by Crippen LogP contribution is -2.63. The first-order chi connectivity index (χ1) is 14.3. The van der Waals surface area contributed by atoms with E-state index in [0.29, 0.717) is 12.6 Å². The maximum absolute atomic E-state index is 5.43. The van der Waals surface area contributed by atoms with Gasteiger partial charge in [-0.1, -0.05) is 12.1 Å². The van der Waals surface area contributed by atoms with Gasteiger partial charge < -0.3 is 19.8 Å². The number of methoxy groups -OCH3 is 1. The summed E-state index contributed by atoms with van der Waals surface area (Å²) < 4.78 is 10.7. The van der Waals surface area contributed by atoms with Crippen LogP contribution >= 0.6 is 24.0 Å². The Morgan fingerprint density at radius 1 is 1.13 bits per heavy atom. The molecule has 164 valence electrons. The van der Waals surface area contributed by atoms with Gasteiger partial charge in [0.15, 0.2) is 5.96 Å². The molecule has 3 aliphatic rings. The molecule has 0 amide bonds. The third kappa shape index (κ3) is 6.36. The molecule has 2 N–H and O–H groups in total. The maximum atomic E-state index is 5.43. The Bertz CT molecular complexity index is 773. The number of ether oxygens (including phenoxy) is 1. The van der Waals surface area contributed by atoms with Crippen LogP contribution < -0.4 is 15.4 Å². The minimum atomic E-state index is 0. The number of piperazine rings is 3. The van der Waals surface area contributed by atoms with Crippen LogP contribution in [0.25, 0.3) is 0 Å². The smallest absolute Gasteiger partial charge is 0.191 e. The molecule has 3 aliphatic heterocycles. The fraction of sp³-hybridized carbons (Fsp3) is 0.500. The van der Waals surface area contributed by atoms with E-state index < -0.39 is 0 Å². The second kappa shape index (κ2) is 11.6. The van der Waals surface area contributed by atoms with Gasteiger partial charge in [0.2, 0.25) is 0 Å². The molecule has 0 spiro atoms. The normalized spacial score (nSPS) is 23.0. The van der Waals surface area contributed by atoms with E-state index in [1.54, 1.807) is 13.4 Å². The lowest BCUT2D eigenvalue weighted by molar-refractivity contribution is 0.0154. The van der Waals surface area contributed by atoms with Crippen molar-refractivity contribution in [2.24, 2.45) is 4.99 Å². The highest BCUT2D eigenvalue weighted by Crippen LogP contribution is 2.15. The van der Waals surface area contributed by atoms with Gasteiger partial charge >= 0.3 is 0 Å². The number of nitrogens with one attached hydrogen (secondary N) is 2. The van der Waals surface area contributed by atoms with E-state index in [4.69, 9.17) is 14.1 Å². The number of halogens is 1. The minimum Gasteiger partial charge on any atom is -0.497 e. The largest absolute Gasteiger partial charge is 0.497 e. The molecule has 3 saturated heterocycles. The number of nitrogens with zero attached hydrogens (tertiary/aromatic N) is 3. The molecular weight excluding hydrogens is 493 g/mol. The molecule has 4 heterocycles. The molecule has 0 saturated carbocycles. The van der Waals surface area contributed by atoms with Crippen molar-refractivity contribution in [1.82, 2.24) is 20.4 Å². The van der Waals surface area contributed by atoms with Crippen molar-refractivity contribution in [3.05, 3.63) is 54.0 Å². The van der Waals surface area contributed by atoms with Crippen LogP contribution in [0.3, 0.4) is 0 Å². The van der Waals surface area contributed by atoms with Crippen molar-refractivity contribution in [3.63, 3.8) is 0 Å². The van der Waals surface area contributed by atoms with Crippen molar-refractivity contribution in [3.8, 4) is 5.75 Å². The number of hydrogen-bond acceptors (Lipinski definition) is 5. The van der Waals surface area contributed by atoms with Crippen molar-refractivity contribution < 1.29 is 9.15 Å². The highest BCUT2D eigenvalue weighted by atomic mass is 127. The van der Waals surface area contributed by atoms with Crippen LogP contribution in [0.5, 0.6) is 5.75 Å². The Kier molecular flexibility index (Phi) is 8.83. The lowest BCUT2D eigenvalue weighted by atomic mass is 10.1. The van der Waals surface area contributed by atoms with Crippen molar-refractivity contribution in [2.75, 3.05) is 52.9 Å². The summed E-state index contributed by atoms with van der Waals surface area (Å²) in [5.74, 6) is 2.70. The number of guanidine groups is 1.